The minimum absolute atomic E-state index is 0.689. The Morgan fingerprint density at radius 3 is 2.86 bits per heavy atom. The lowest BCUT2D eigenvalue weighted by Gasteiger charge is -2.27. The second-order valence-electron chi connectivity index (χ2n) is 7.38. The highest BCUT2D eigenvalue weighted by molar-refractivity contribution is 5.94. The first kappa shape index (κ1) is 19.4. The summed E-state index contributed by atoms with van der Waals surface area (Å²) in [5.74, 6) is 1.46. The topological polar surface area (TPSA) is 50.3 Å². The van der Waals surface area contributed by atoms with E-state index in [-0.39, 0.29) is 0 Å². The molecule has 0 spiro atoms. The summed E-state index contributed by atoms with van der Waals surface area (Å²) in [5, 5.41) is 6.02. The van der Waals surface area contributed by atoms with Crippen molar-refractivity contribution < 1.29 is 4.74 Å². The summed E-state index contributed by atoms with van der Waals surface area (Å²) in [6.45, 7) is 4.17. The third-order valence-electron chi connectivity index (χ3n) is 5.52. The number of anilines is 1. The minimum atomic E-state index is 0.689. The number of nitrogens with zero attached hydrogens (tertiary/aromatic N) is 3. The molecule has 0 amide bonds. The minimum Gasteiger partial charge on any atom is -0.491 e. The van der Waals surface area contributed by atoms with Gasteiger partial charge in [-0.15, -0.1) is 0 Å². The highest BCUT2D eigenvalue weighted by Gasteiger charge is 2.14. The summed E-state index contributed by atoms with van der Waals surface area (Å²) in [6.07, 6.45) is 9.02. The van der Waals surface area contributed by atoms with Gasteiger partial charge in [-0.3, -0.25) is 4.90 Å². The lowest BCUT2D eigenvalue weighted by atomic mass is 9.94. The molecule has 29 heavy (non-hydrogen) atoms. The molecule has 2 aromatic carbocycles. The molecule has 5 nitrogen and oxygen atoms in total. The molecule has 0 radical (unpaired) electrons. The average molecular weight is 389 g/mol. The van der Waals surface area contributed by atoms with Gasteiger partial charge in [0.15, 0.2) is 11.6 Å². The number of nitrogens with one attached hydrogen (secondary N) is 1. The smallest absolute Gasteiger partial charge is 0.179 e. The van der Waals surface area contributed by atoms with Crippen LogP contribution in [0.2, 0.25) is 0 Å². The van der Waals surface area contributed by atoms with E-state index in [2.05, 4.69) is 68.7 Å². The van der Waals surface area contributed by atoms with Crippen molar-refractivity contribution >= 4 is 22.2 Å². The maximum atomic E-state index is 5.27. The first-order chi connectivity index (χ1) is 14.3. The number of unbranched alkanes of at least 4 members (excludes halogenated alkanes) is 1. The Balaban J connectivity index is 1.25. The van der Waals surface area contributed by atoms with Crippen LogP contribution in [0.3, 0.4) is 0 Å². The van der Waals surface area contributed by atoms with Gasteiger partial charge in [0.2, 0.25) is 0 Å². The fraction of sp³-hybridized carbons (Fsp3) is 0.333. The monoisotopic (exact) mass is 388 g/mol. The molecule has 0 saturated carbocycles. The van der Waals surface area contributed by atoms with Crippen molar-refractivity contribution in [3.05, 3.63) is 66.6 Å². The molecule has 4 rings (SSSR count). The van der Waals surface area contributed by atoms with Gasteiger partial charge in [0, 0.05) is 19.6 Å². The Hall–Kier alpha value is -2.92. The lowest BCUT2D eigenvalue weighted by molar-refractivity contribution is 0.296. The molecule has 1 N–H and O–H groups in total. The number of rotatable bonds is 8. The van der Waals surface area contributed by atoms with Gasteiger partial charge >= 0.3 is 0 Å². The summed E-state index contributed by atoms with van der Waals surface area (Å²) in [6, 6.07) is 15.3. The number of fused-ring (bicyclic) bond motifs is 1. The number of methoxy groups -OCH3 is 1. The van der Waals surface area contributed by atoms with Crippen LogP contribution in [0.25, 0.3) is 16.3 Å². The predicted molar refractivity (Wildman–Crippen MR) is 119 cm³/mol. The van der Waals surface area contributed by atoms with Crippen molar-refractivity contribution in [2.24, 2.45) is 0 Å². The van der Waals surface area contributed by atoms with Crippen LogP contribution in [-0.4, -0.2) is 48.2 Å². The zero-order chi connectivity index (χ0) is 19.9. The Morgan fingerprint density at radius 2 is 2.00 bits per heavy atom. The molecular weight excluding hydrogens is 360 g/mol. The van der Waals surface area contributed by atoms with Crippen molar-refractivity contribution in [2.45, 2.75) is 19.3 Å². The first-order valence-corrected chi connectivity index (χ1v) is 10.3. The highest BCUT2D eigenvalue weighted by Crippen LogP contribution is 2.29. The van der Waals surface area contributed by atoms with Crippen molar-refractivity contribution in [1.82, 2.24) is 14.9 Å². The van der Waals surface area contributed by atoms with Gasteiger partial charge in [0.1, 0.15) is 6.33 Å². The Labute approximate surface area is 172 Å². The summed E-state index contributed by atoms with van der Waals surface area (Å²) in [4.78, 5) is 10.8. The van der Waals surface area contributed by atoms with Crippen LogP contribution in [0, 0.1) is 0 Å². The molecule has 150 valence electrons. The third-order valence-corrected chi connectivity index (χ3v) is 5.52. The first-order valence-electron chi connectivity index (χ1n) is 10.3. The van der Waals surface area contributed by atoms with Gasteiger partial charge in [-0.05, 0) is 47.7 Å². The van der Waals surface area contributed by atoms with Crippen LogP contribution in [0.5, 0.6) is 5.75 Å². The highest BCUT2D eigenvalue weighted by atomic mass is 16.5. The molecule has 1 aromatic heterocycles. The lowest BCUT2D eigenvalue weighted by Crippen LogP contribution is -2.29. The number of aromatic nitrogens is 2. The van der Waals surface area contributed by atoms with E-state index >= 15 is 0 Å². The van der Waals surface area contributed by atoms with E-state index in [0.29, 0.717) is 5.75 Å². The van der Waals surface area contributed by atoms with E-state index in [4.69, 9.17) is 4.74 Å². The largest absolute Gasteiger partial charge is 0.491 e. The Kier molecular flexibility index (Phi) is 6.37. The molecule has 0 saturated heterocycles. The Morgan fingerprint density at radius 1 is 1.10 bits per heavy atom. The molecule has 1 aliphatic heterocycles. The van der Waals surface area contributed by atoms with Crippen molar-refractivity contribution in [1.29, 1.82) is 0 Å². The SMILES string of the molecule is COc1cncnc1NCCCCN1CC=C(c2cccc3ccccc23)CC1. The second-order valence-corrected chi connectivity index (χ2v) is 7.38. The van der Waals surface area contributed by atoms with Gasteiger partial charge in [-0.1, -0.05) is 48.5 Å². The summed E-state index contributed by atoms with van der Waals surface area (Å²) >= 11 is 0. The molecule has 0 bridgehead atoms. The van der Waals surface area contributed by atoms with E-state index in [1.165, 1.54) is 21.9 Å². The quantitative estimate of drug-likeness (QED) is 0.571. The molecule has 0 atom stereocenters. The van der Waals surface area contributed by atoms with Gasteiger partial charge in [-0.2, -0.15) is 0 Å². The normalized spacial score (nSPS) is 14.6. The van der Waals surface area contributed by atoms with E-state index in [9.17, 15) is 0 Å². The molecule has 3 aromatic rings. The maximum Gasteiger partial charge on any atom is 0.179 e. The van der Waals surface area contributed by atoms with Gasteiger partial charge < -0.3 is 10.1 Å². The number of benzene rings is 2. The van der Waals surface area contributed by atoms with Crippen LogP contribution in [0.4, 0.5) is 5.82 Å². The zero-order valence-corrected chi connectivity index (χ0v) is 17.0. The number of hydrogen-bond acceptors (Lipinski definition) is 5. The molecule has 5 heteroatoms. The fourth-order valence-electron chi connectivity index (χ4n) is 3.93. The second kappa shape index (κ2) is 9.52. The van der Waals surface area contributed by atoms with E-state index in [1.807, 2.05) is 0 Å². The maximum absolute atomic E-state index is 5.27. The average Bonchev–Trinajstić information content (AvgIpc) is 2.79. The number of hydrogen-bond donors (Lipinski definition) is 1. The summed E-state index contributed by atoms with van der Waals surface area (Å²) in [7, 11) is 1.64. The van der Waals surface area contributed by atoms with Crippen LogP contribution < -0.4 is 10.1 Å². The molecular formula is C24H28N4O. The molecule has 1 aliphatic rings. The summed E-state index contributed by atoms with van der Waals surface area (Å²) in [5.41, 5.74) is 2.88. The van der Waals surface area contributed by atoms with E-state index in [1.54, 1.807) is 19.6 Å². The van der Waals surface area contributed by atoms with E-state index < -0.39 is 0 Å². The molecule has 0 aliphatic carbocycles. The van der Waals surface area contributed by atoms with Gasteiger partial charge in [-0.25, -0.2) is 9.97 Å². The van der Waals surface area contributed by atoms with Gasteiger partial charge in [0.05, 0.1) is 13.3 Å². The van der Waals surface area contributed by atoms with Crippen LogP contribution >= 0.6 is 0 Å². The standard InChI is InChI=1S/C24H28N4O/c1-29-23-17-25-18-27-24(23)26-13-4-5-14-28-15-11-20(12-16-28)22-10-6-8-19-7-2-3-9-21(19)22/h2-3,6-11,17-18H,4-5,12-16H2,1H3,(H,25,26,27). The van der Waals surface area contributed by atoms with Crippen LogP contribution in [0.15, 0.2) is 61.1 Å². The van der Waals surface area contributed by atoms with E-state index in [0.717, 1.165) is 51.3 Å². The Bertz CT molecular complexity index is 980. The predicted octanol–water partition coefficient (Wildman–Crippen LogP) is 4.62. The van der Waals surface area contributed by atoms with Crippen molar-refractivity contribution in [2.75, 3.05) is 38.6 Å². The van der Waals surface area contributed by atoms with Gasteiger partial charge in [0.25, 0.3) is 0 Å². The molecule has 0 fully saturated rings. The fourth-order valence-corrected chi connectivity index (χ4v) is 3.93. The number of ether oxygens (including phenoxy) is 1. The molecule has 0 unspecified atom stereocenters. The zero-order valence-electron chi connectivity index (χ0n) is 17.0. The van der Waals surface area contributed by atoms with Crippen molar-refractivity contribution in [3.8, 4) is 5.75 Å². The van der Waals surface area contributed by atoms with Crippen LogP contribution in [-0.2, 0) is 0 Å². The van der Waals surface area contributed by atoms with Crippen LogP contribution in [0.1, 0.15) is 24.8 Å². The van der Waals surface area contributed by atoms with Crippen molar-refractivity contribution in [3.63, 3.8) is 0 Å². The molecule has 2 heterocycles. The third kappa shape index (κ3) is 4.74. The summed E-state index contributed by atoms with van der Waals surface area (Å²) < 4.78 is 5.27.